The number of carbonyl (C=O) groups is 2. The van der Waals surface area contributed by atoms with E-state index in [9.17, 15) is 9.59 Å². The lowest BCUT2D eigenvalue weighted by Crippen LogP contribution is -2.49. The number of ether oxygens (including phenoxy) is 1. The number of likely N-dealkylation sites (N-methyl/N-ethyl adjacent to an activating group) is 1. The van der Waals surface area contributed by atoms with Gasteiger partial charge in [0.2, 0.25) is 17.7 Å². The summed E-state index contributed by atoms with van der Waals surface area (Å²) in [6, 6.07) is 27.3. The largest absolute Gasteiger partial charge is 0.481 e. The molecule has 3 aromatic carbocycles. The average Bonchev–Trinajstić information content (AvgIpc) is 3.34. The summed E-state index contributed by atoms with van der Waals surface area (Å²) in [7, 11) is 3.25. The lowest BCUT2D eigenvalue weighted by atomic mass is 10.00. The van der Waals surface area contributed by atoms with Crippen molar-refractivity contribution < 1.29 is 14.3 Å². The molecule has 1 N–H and O–H groups in total. The van der Waals surface area contributed by atoms with Crippen molar-refractivity contribution in [2.75, 3.05) is 19.1 Å². The zero-order chi connectivity index (χ0) is 31.9. The highest BCUT2D eigenvalue weighted by atomic mass is 16.5. The SMILES string of the molecule is COc1ccc(N(C)C(=O)[C@H](Cc2ccccc2)NC(=O)Cc2c(C)n(CCCc3ccccc3)c3c(C)ccc(C)c23)cn1. The van der Waals surface area contributed by atoms with Gasteiger partial charge in [0.25, 0.3) is 0 Å². The molecule has 0 aliphatic heterocycles. The van der Waals surface area contributed by atoms with Crippen LogP contribution in [-0.2, 0) is 35.4 Å². The summed E-state index contributed by atoms with van der Waals surface area (Å²) in [4.78, 5) is 33.5. The van der Waals surface area contributed by atoms with Crippen molar-refractivity contribution in [1.82, 2.24) is 14.9 Å². The summed E-state index contributed by atoms with van der Waals surface area (Å²) in [5.74, 6) is 0.0676. The normalized spacial score (nSPS) is 11.8. The molecule has 0 saturated heterocycles. The number of rotatable bonds is 12. The Labute approximate surface area is 265 Å². The van der Waals surface area contributed by atoms with Crippen LogP contribution in [0.5, 0.6) is 5.88 Å². The number of aromatic nitrogens is 2. The fourth-order valence-electron chi connectivity index (χ4n) is 6.13. The maximum absolute atomic E-state index is 13.9. The lowest BCUT2D eigenvalue weighted by Gasteiger charge is -2.25. The van der Waals surface area contributed by atoms with Gasteiger partial charge in [-0.25, -0.2) is 4.98 Å². The van der Waals surface area contributed by atoms with Crippen molar-refractivity contribution in [2.24, 2.45) is 0 Å². The first-order chi connectivity index (χ1) is 21.8. The van der Waals surface area contributed by atoms with E-state index in [0.29, 0.717) is 18.0 Å². The topological polar surface area (TPSA) is 76.5 Å². The van der Waals surface area contributed by atoms with Crippen molar-refractivity contribution in [3.63, 3.8) is 0 Å². The van der Waals surface area contributed by atoms with Gasteiger partial charge in [-0.1, -0.05) is 72.8 Å². The van der Waals surface area contributed by atoms with Crippen LogP contribution in [0.1, 0.15) is 39.9 Å². The van der Waals surface area contributed by atoms with E-state index in [2.05, 4.69) is 72.0 Å². The fourth-order valence-corrected chi connectivity index (χ4v) is 6.13. The van der Waals surface area contributed by atoms with Crippen LogP contribution in [0.3, 0.4) is 0 Å². The summed E-state index contributed by atoms with van der Waals surface area (Å²) in [6.07, 6.45) is 4.14. The number of amides is 2. The van der Waals surface area contributed by atoms with Crippen molar-refractivity contribution in [1.29, 1.82) is 0 Å². The zero-order valence-corrected chi connectivity index (χ0v) is 26.8. The molecule has 0 unspecified atom stereocenters. The molecule has 7 heteroatoms. The van der Waals surface area contributed by atoms with E-state index in [4.69, 9.17) is 4.74 Å². The van der Waals surface area contributed by atoms with Crippen LogP contribution in [-0.4, -0.2) is 41.6 Å². The third-order valence-electron chi connectivity index (χ3n) is 8.59. The van der Waals surface area contributed by atoms with Crippen LogP contribution in [0.2, 0.25) is 0 Å². The van der Waals surface area contributed by atoms with Gasteiger partial charge in [-0.15, -0.1) is 0 Å². The smallest absolute Gasteiger partial charge is 0.249 e. The van der Waals surface area contributed by atoms with Crippen molar-refractivity contribution >= 4 is 28.4 Å². The van der Waals surface area contributed by atoms with E-state index in [1.54, 1.807) is 32.5 Å². The first-order valence-electron chi connectivity index (χ1n) is 15.5. The Balaban J connectivity index is 1.40. The molecule has 0 aliphatic carbocycles. The first kappa shape index (κ1) is 31.5. The van der Waals surface area contributed by atoms with E-state index in [1.807, 2.05) is 36.4 Å². The molecule has 0 saturated carbocycles. The third-order valence-corrected chi connectivity index (χ3v) is 8.59. The minimum absolute atomic E-state index is 0.183. The Kier molecular flexibility index (Phi) is 9.98. The minimum Gasteiger partial charge on any atom is -0.481 e. The molecule has 2 heterocycles. The number of anilines is 1. The van der Waals surface area contributed by atoms with Crippen molar-refractivity contribution in [2.45, 2.75) is 59.0 Å². The van der Waals surface area contributed by atoms with Gasteiger partial charge in [-0.05, 0) is 67.5 Å². The van der Waals surface area contributed by atoms with Crippen molar-refractivity contribution in [3.8, 4) is 5.88 Å². The molecule has 7 nitrogen and oxygen atoms in total. The number of nitrogens with one attached hydrogen (secondary N) is 1. The molecule has 45 heavy (non-hydrogen) atoms. The Morgan fingerprint density at radius 2 is 1.56 bits per heavy atom. The highest BCUT2D eigenvalue weighted by Crippen LogP contribution is 2.32. The summed E-state index contributed by atoms with van der Waals surface area (Å²) < 4.78 is 7.55. The van der Waals surface area contributed by atoms with Crippen LogP contribution in [0.25, 0.3) is 10.9 Å². The molecule has 2 aromatic heterocycles. The highest BCUT2D eigenvalue weighted by Gasteiger charge is 2.27. The van der Waals surface area contributed by atoms with Gasteiger partial charge >= 0.3 is 0 Å². The van der Waals surface area contributed by atoms with Crippen LogP contribution < -0.4 is 15.0 Å². The highest BCUT2D eigenvalue weighted by molar-refractivity contribution is 6.00. The number of benzene rings is 3. The van der Waals surface area contributed by atoms with E-state index in [-0.39, 0.29) is 18.2 Å². The number of fused-ring (bicyclic) bond motifs is 1. The number of nitrogens with zero attached hydrogens (tertiary/aromatic N) is 3. The Morgan fingerprint density at radius 1 is 0.889 bits per heavy atom. The lowest BCUT2D eigenvalue weighted by molar-refractivity contribution is -0.127. The Morgan fingerprint density at radius 3 is 2.20 bits per heavy atom. The summed E-state index contributed by atoms with van der Waals surface area (Å²) >= 11 is 0. The molecule has 2 amide bonds. The molecular weight excluding hydrogens is 560 g/mol. The van der Waals surface area contributed by atoms with E-state index in [1.165, 1.54) is 21.5 Å². The number of hydrogen-bond acceptors (Lipinski definition) is 4. The quantitative estimate of drug-likeness (QED) is 0.176. The number of pyridine rings is 1. The molecule has 0 aliphatic rings. The second-order valence-electron chi connectivity index (χ2n) is 11.7. The molecule has 0 fully saturated rings. The fraction of sp³-hybridized carbons (Fsp3) is 0.289. The molecule has 0 bridgehead atoms. The number of hydrogen-bond donors (Lipinski definition) is 1. The van der Waals surface area contributed by atoms with Gasteiger partial charge in [-0.3, -0.25) is 9.59 Å². The number of carbonyl (C=O) groups excluding carboxylic acids is 2. The summed E-state index contributed by atoms with van der Waals surface area (Å²) in [6.45, 7) is 7.22. The van der Waals surface area contributed by atoms with Gasteiger partial charge < -0.3 is 19.5 Å². The monoisotopic (exact) mass is 602 g/mol. The van der Waals surface area contributed by atoms with Gasteiger partial charge in [0.05, 0.1) is 30.9 Å². The molecule has 1 atom stereocenters. The second-order valence-corrected chi connectivity index (χ2v) is 11.7. The van der Waals surface area contributed by atoms with Crippen LogP contribution >= 0.6 is 0 Å². The predicted octanol–water partition coefficient (Wildman–Crippen LogP) is 6.54. The zero-order valence-electron chi connectivity index (χ0n) is 26.8. The number of aryl methyl sites for hydroxylation is 4. The predicted molar refractivity (Wildman–Crippen MR) is 181 cm³/mol. The molecular formula is C38H42N4O3. The first-order valence-corrected chi connectivity index (χ1v) is 15.5. The maximum atomic E-state index is 13.9. The van der Waals surface area contributed by atoms with Gasteiger partial charge in [0.1, 0.15) is 6.04 Å². The van der Waals surface area contributed by atoms with E-state index in [0.717, 1.165) is 47.2 Å². The Hall–Kier alpha value is -4.91. The molecule has 5 aromatic rings. The average molecular weight is 603 g/mol. The van der Waals surface area contributed by atoms with E-state index >= 15 is 0 Å². The van der Waals surface area contributed by atoms with E-state index < -0.39 is 6.04 Å². The Bertz CT molecular complexity index is 1760. The van der Waals surface area contributed by atoms with Crippen LogP contribution in [0.15, 0.2) is 91.1 Å². The van der Waals surface area contributed by atoms with Gasteiger partial charge in [-0.2, -0.15) is 0 Å². The van der Waals surface area contributed by atoms with Crippen LogP contribution in [0.4, 0.5) is 5.69 Å². The molecule has 232 valence electrons. The second kappa shape index (κ2) is 14.2. The van der Waals surface area contributed by atoms with Gasteiger partial charge in [0.15, 0.2) is 0 Å². The van der Waals surface area contributed by atoms with Gasteiger partial charge in [0, 0.05) is 37.2 Å². The maximum Gasteiger partial charge on any atom is 0.249 e. The molecule has 0 spiro atoms. The summed E-state index contributed by atoms with van der Waals surface area (Å²) in [5.41, 5.74) is 8.54. The molecule has 5 rings (SSSR count). The molecule has 0 radical (unpaired) electrons. The third kappa shape index (κ3) is 7.26. The van der Waals surface area contributed by atoms with Crippen LogP contribution in [0, 0.1) is 20.8 Å². The standard InChI is InChI=1S/C38H42N4O3/c1-26-18-19-27(2)37-36(26)32(28(3)42(37)22-12-17-29-13-8-6-9-14-29)24-34(43)40-33(23-30-15-10-7-11-16-30)38(44)41(4)31-20-21-35(45-5)39-25-31/h6-11,13-16,18-21,25,33H,12,17,22-24H2,1-5H3,(H,40,43)/t33-/m0/s1. The number of methoxy groups -OCH3 is 1. The van der Waals surface area contributed by atoms with Crippen molar-refractivity contribution in [3.05, 3.63) is 125 Å². The minimum atomic E-state index is -0.755. The summed E-state index contributed by atoms with van der Waals surface area (Å²) in [5, 5.41) is 4.24.